The molecule has 1 aromatic carbocycles. The van der Waals surface area contributed by atoms with Crippen molar-refractivity contribution in [3.05, 3.63) is 46.9 Å². The number of hydrogen-bond acceptors (Lipinski definition) is 4. The van der Waals surface area contributed by atoms with E-state index < -0.39 is 0 Å². The zero-order valence-electron chi connectivity index (χ0n) is 15.1. The number of halogens is 1. The Hall–Kier alpha value is -2.61. The van der Waals surface area contributed by atoms with Crippen LogP contribution in [0.2, 0.25) is 0 Å². The minimum atomic E-state index is -0.218. The first-order valence-electron chi connectivity index (χ1n) is 8.38. The highest BCUT2D eigenvalue weighted by molar-refractivity contribution is 7.13. The number of aromatic amines is 1. The second-order valence-electron chi connectivity index (χ2n) is 6.12. The zero-order valence-corrected chi connectivity index (χ0v) is 16.0. The van der Waals surface area contributed by atoms with Crippen molar-refractivity contribution in [1.29, 1.82) is 0 Å². The maximum Gasteiger partial charge on any atom is 0.191 e. The van der Waals surface area contributed by atoms with Crippen molar-refractivity contribution < 1.29 is 4.39 Å². The summed E-state index contributed by atoms with van der Waals surface area (Å²) < 4.78 is 13.4. The predicted octanol–water partition coefficient (Wildman–Crippen LogP) is 2.74. The number of benzene rings is 1. The number of H-pyrrole nitrogens is 1. The van der Waals surface area contributed by atoms with Crippen molar-refractivity contribution in [1.82, 2.24) is 20.6 Å². The van der Waals surface area contributed by atoms with E-state index in [4.69, 9.17) is 0 Å². The van der Waals surface area contributed by atoms with Crippen molar-refractivity contribution in [2.45, 2.75) is 13.0 Å². The van der Waals surface area contributed by atoms with Crippen LogP contribution in [0, 0.1) is 5.82 Å². The molecule has 6 nitrogen and oxygen atoms in total. The van der Waals surface area contributed by atoms with Crippen LogP contribution in [0.4, 0.5) is 9.52 Å². The standard InChI is InChI=1S/C18H23FN6S/c1-20-17(23-10-14-11-26-18(24-14)25(2)3)21-7-6-12-9-22-16-5-4-13(19)8-15(12)16/h4-5,8-9,11,22H,6-7,10H2,1-3H3,(H2,20,21,23). The predicted molar refractivity (Wildman–Crippen MR) is 107 cm³/mol. The summed E-state index contributed by atoms with van der Waals surface area (Å²) in [6.45, 7) is 1.31. The lowest BCUT2D eigenvalue weighted by Crippen LogP contribution is -2.37. The molecule has 0 fully saturated rings. The van der Waals surface area contributed by atoms with Crippen molar-refractivity contribution >= 4 is 33.3 Å². The molecule has 0 bridgehead atoms. The molecule has 2 aromatic heterocycles. The molecular weight excluding hydrogens is 351 g/mol. The highest BCUT2D eigenvalue weighted by Crippen LogP contribution is 2.19. The van der Waals surface area contributed by atoms with Crippen LogP contribution >= 0.6 is 11.3 Å². The highest BCUT2D eigenvalue weighted by Gasteiger charge is 2.07. The van der Waals surface area contributed by atoms with Crippen LogP contribution in [-0.4, -0.2) is 43.6 Å². The van der Waals surface area contributed by atoms with Gasteiger partial charge in [0.25, 0.3) is 0 Å². The average Bonchev–Trinajstić information content (AvgIpc) is 3.25. The Morgan fingerprint density at radius 1 is 1.35 bits per heavy atom. The number of aromatic nitrogens is 2. The van der Waals surface area contributed by atoms with Crippen molar-refractivity contribution in [2.75, 3.05) is 32.6 Å². The quantitative estimate of drug-likeness (QED) is 0.458. The van der Waals surface area contributed by atoms with Crippen LogP contribution in [0.3, 0.4) is 0 Å². The third-order valence-electron chi connectivity index (χ3n) is 4.00. The molecule has 0 atom stereocenters. The van der Waals surface area contributed by atoms with Crippen LogP contribution in [0.15, 0.2) is 34.8 Å². The fraction of sp³-hybridized carbons (Fsp3) is 0.333. The smallest absolute Gasteiger partial charge is 0.191 e. The molecule has 0 amide bonds. The Bertz CT molecular complexity index is 898. The summed E-state index contributed by atoms with van der Waals surface area (Å²) in [6.07, 6.45) is 2.70. The van der Waals surface area contributed by atoms with Gasteiger partial charge in [-0.05, 0) is 30.2 Å². The van der Waals surface area contributed by atoms with Gasteiger partial charge in [-0.1, -0.05) is 0 Å². The third-order valence-corrected chi connectivity index (χ3v) is 5.06. The van der Waals surface area contributed by atoms with Gasteiger partial charge in [0.2, 0.25) is 0 Å². The Balaban J connectivity index is 1.51. The van der Waals surface area contributed by atoms with Crippen LogP contribution < -0.4 is 15.5 Å². The van der Waals surface area contributed by atoms with Crippen LogP contribution in [0.25, 0.3) is 10.9 Å². The fourth-order valence-electron chi connectivity index (χ4n) is 2.65. The molecule has 2 heterocycles. The molecule has 3 aromatic rings. The Labute approximate surface area is 156 Å². The van der Waals surface area contributed by atoms with E-state index in [-0.39, 0.29) is 5.82 Å². The molecule has 0 aliphatic carbocycles. The first kappa shape index (κ1) is 18.2. The van der Waals surface area contributed by atoms with Gasteiger partial charge < -0.3 is 20.5 Å². The van der Waals surface area contributed by atoms with E-state index in [0.29, 0.717) is 13.1 Å². The van der Waals surface area contributed by atoms with Gasteiger partial charge in [0, 0.05) is 50.2 Å². The maximum atomic E-state index is 13.4. The van der Waals surface area contributed by atoms with Crippen molar-refractivity contribution in [3.63, 3.8) is 0 Å². The number of hydrogen-bond donors (Lipinski definition) is 3. The first-order valence-corrected chi connectivity index (χ1v) is 9.26. The zero-order chi connectivity index (χ0) is 18.5. The number of aliphatic imine (C=N–C) groups is 1. The van der Waals surface area contributed by atoms with Gasteiger partial charge in [-0.2, -0.15) is 0 Å². The minimum Gasteiger partial charge on any atom is -0.361 e. The molecule has 0 radical (unpaired) electrons. The largest absolute Gasteiger partial charge is 0.361 e. The Kier molecular flexibility index (Phi) is 5.72. The summed E-state index contributed by atoms with van der Waals surface area (Å²) >= 11 is 1.62. The van der Waals surface area contributed by atoms with Gasteiger partial charge in [0.1, 0.15) is 5.82 Å². The van der Waals surface area contributed by atoms with Gasteiger partial charge in [-0.25, -0.2) is 9.37 Å². The van der Waals surface area contributed by atoms with E-state index in [1.54, 1.807) is 30.5 Å². The molecule has 3 N–H and O–H groups in total. The number of thiazole rings is 1. The number of fused-ring (bicyclic) bond motifs is 1. The number of nitrogens with zero attached hydrogens (tertiary/aromatic N) is 3. The van der Waals surface area contributed by atoms with Gasteiger partial charge >= 0.3 is 0 Å². The monoisotopic (exact) mass is 374 g/mol. The summed E-state index contributed by atoms with van der Waals surface area (Å²) in [6, 6.07) is 4.80. The first-order chi connectivity index (χ1) is 12.6. The van der Waals surface area contributed by atoms with E-state index in [0.717, 1.165) is 39.7 Å². The third kappa shape index (κ3) is 4.32. The molecule has 0 saturated heterocycles. The van der Waals surface area contributed by atoms with Crippen molar-refractivity contribution in [2.24, 2.45) is 4.99 Å². The summed E-state index contributed by atoms with van der Waals surface area (Å²) in [5, 5.41) is 10.5. The molecule has 0 spiro atoms. The number of anilines is 1. The fourth-order valence-corrected chi connectivity index (χ4v) is 3.41. The lowest BCUT2D eigenvalue weighted by atomic mass is 10.1. The molecule has 26 heavy (non-hydrogen) atoms. The average molecular weight is 374 g/mol. The molecule has 3 rings (SSSR count). The molecular formula is C18H23FN6S. The Morgan fingerprint density at radius 3 is 2.92 bits per heavy atom. The number of rotatable bonds is 6. The Morgan fingerprint density at radius 2 is 2.19 bits per heavy atom. The van der Waals surface area contributed by atoms with Gasteiger partial charge in [-0.3, -0.25) is 4.99 Å². The van der Waals surface area contributed by atoms with Gasteiger partial charge in [0.05, 0.1) is 12.2 Å². The normalized spacial score (nSPS) is 11.8. The van der Waals surface area contributed by atoms with Crippen LogP contribution in [-0.2, 0) is 13.0 Å². The van der Waals surface area contributed by atoms with Crippen LogP contribution in [0.5, 0.6) is 0 Å². The van der Waals surface area contributed by atoms with Gasteiger partial charge in [-0.15, -0.1) is 11.3 Å². The highest BCUT2D eigenvalue weighted by atomic mass is 32.1. The van der Waals surface area contributed by atoms with Crippen molar-refractivity contribution in [3.8, 4) is 0 Å². The molecule has 0 aliphatic rings. The second-order valence-corrected chi connectivity index (χ2v) is 6.96. The van der Waals surface area contributed by atoms with E-state index in [1.807, 2.05) is 30.6 Å². The second kappa shape index (κ2) is 8.18. The van der Waals surface area contributed by atoms with Crippen LogP contribution in [0.1, 0.15) is 11.3 Å². The van der Waals surface area contributed by atoms with E-state index in [1.165, 1.54) is 6.07 Å². The molecule has 0 saturated carbocycles. The van der Waals surface area contributed by atoms with E-state index >= 15 is 0 Å². The van der Waals surface area contributed by atoms with E-state index in [2.05, 4.69) is 25.6 Å². The topological polar surface area (TPSA) is 68.3 Å². The summed E-state index contributed by atoms with van der Waals surface area (Å²) in [5.74, 6) is 0.500. The van der Waals surface area contributed by atoms with E-state index in [9.17, 15) is 4.39 Å². The molecule has 8 heteroatoms. The van der Waals surface area contributed by atoms with Gasteiger partial charge in [0.15, 0.2) is 11.1 Å². The lowest BCUT2D eigenvalue weighted by Gasteiger charge is -2.11. The molecule has 138 valence electrons. The SMILES string of the molecule is CN=C(NCCc1c[nH]c2ccc(F)cc12)NCc1csc(N(C)C)n1. The molecule has 0 unspecified atom stereocenters. The number of nitrogens with one attached hydrogen (secondary N) is 3. The minimum absolute atomic E-state index is 0.218. The summed E-state index contributed by atoms with van der Waals surface area (Å²) in [7, 11) is 5.70. The summed E-state index contributed by atoms with van der Waals surface area (Å²) in [4.78, 5) is 13.9. The number of guanidine groups is 1. The summed E-state index contributed by atoms with van der Waals surface area (Å²) in [5.41, 5.74) is 3.01. The maximum absolute atomic E-state index is 13.4. The molecule has 0 aliphatic heterocycles. The lowest BCUT2D eigenvalue weighted by molar-refractivity contribution is 0.629.